The van der Waals surface area contributed by atoms with Gasteiger partial charge in [0.05, 0.1) is 16.8 Å². The summed E-state index contributed by atoms with van der Waals surface area (Å²) in [6.07, 6.45) is 3.10. The molecule has 1 heterocycles. The third-order valence-electron chi connectivity index (χ3n) is 3.69. The Bertz CT molecular complexity index is 1060. The highest BCUT2D eigenvalue weighted by Crippen LogP contribution is 2.17. The van der Waals surface area contributed by atoms with Crippen LogP contribution in [0.15, 0.2) is 81.3 Å². The second kappa shape index (κ2) is 10.2. The van der Waals surface area contributed by atoms with Gasteiger partial charge in [-0.2, -0.15) is 5.10 Å². The Morgan fingerprint density at radius 2 is 1.79 bits per heavy atom. The molecule has 1 aromatic heterocycles. The number of rotatable bonds is 6. The van der Waals surface area contributed by atoms with Crippen molar-refractivity contribution in [3.63, 3.8) is 0 Å². The first-order valence-electron chi connectivity index (χ1n) is 8.43. The van der Waals surface area contributed by atoms with Crippen LogP contribution in [0, 0.1) is 0 Å². The predicted molar refractivity (Wildman–Crippen MR) is 121 cm³/mol. The molecule has 146 valence electrons. The van der Waals surface area contributed by atoms with E-state index in [1.54, 1.807) is 30.3 Å². The molecule has 29 heavy (non-hydrogen) atoms. The quantitative estimate of drug-likeness (QED) is 0.288. The van der Waals surface area contributed by atoms with Gasteiger partial charge in [-0.05, 0) is 47.4 Å². The molecule has 0 aliphatic rings. The normalized spacial score (nSPS) is 11.4. The second-order valence-electron chi connectivity index (χ2n) is 5.76. The van der Waals surface area contributed by atoms with E-state index in [1.807, 2.05) is 41.8 Å². The van der Waals surface area contributed by atoms with Crippen LogP contribution in [0.5, 0.6) is 0 Å². The van der Waals surface area contributed by atoms with Crippen molar-refractivity contribution in [1.29, 1.82) is 0 Å². The summed E-state index contributed by atoms with van der Waals surface area (Å²) in [7, 11) is 0. The summed E-state index contributed by atoms with van der Waals surface area (Å²) in [5, 5.41) is 8.76. The van der Waals surface area contributed by atoms with Crippen molar-refractivity contribution in [2.75, 3.05) is 0 Å². The van der Waals surface area contributed by atoms with Crippen LogP contribution in [0.25, 0.3) is 6.08 Å². The molecule has 2 amide bonds. The van der Waals surface area contributed by atoms with Crippen molar-refractivity contribution in [3.05, 3.63) is 97.2 Å². The van der Waals surface area contributed by atoms with Gasteiger partial charge in [0, 0.05) is 9.35 Å². The van der Waals surface area contributed by atoms with Crippen molar-refractivity contribution in [1.82, 2.24) is 10.7 Å². The lowest BCUT2D eigenvalue weighted by atomic mass is 10.2. The molecule has 5 nitrogen and oxygen atoms in total. The third kappa shape index (κ3) is 6.12. The highest BCUT2D eigenvalue weighted by Gasteiger charge is 2.16. The predicted octanol–water partition coefficient (Wildman–Crippen LogP) is 5.09. The van der Waals surface area contributed by atoms with E-state index >= 15 is 0 Å². The van der Waals surface area contributed by atoms with Gasteiger partial charge in [-0.25, -0.2) is 5.43 Å². The fraction of sp³-hybridized carbons (Fsp3) is 0. The lowest BCUT2D eigenvalue weighted by Gasteiger charge is -2.09. The number of hydrogen-bond acceptors (Lipinski definition) is 4. The molecule has 0 saturated heterocycles. The molecule has 0 radical (unpaired) electrons. The molecule has 0 saturated carbocycles. The molecule has 0 unspecified atom stereocenters. The number of halogens is 2. The topological polar surface area (TPSA) is 70.6 Å². The van der Waals surface area contributed by atoms with Crippen molar-refractivity contribution >= 4 is 63.0 Å². The van der Waals surface area contributed by atoms with Gasteiger partial charge in [0.2, 0.25) is 0 Å². The molecule has 3 aromatic rings. The number of hydrazone groups is 1. The van der Waals surface area contributed by atoms with E-state index in [4.69, 9.17) is 11.6 Å². The summed E-state index contributed by atoms with van der Waals surface area (Å²) in [6.45, 7) is 0. The molecule has 2 N–H and O–H groups in total. The number of carbonyl (C=O) groups is 2. The minimum Gasteiger partial charge on any atom is -0.317 e. The summed E-state index contributed by atoms with van der Waals surface area (Å²) in [6, 6.07) is 17.8. The van der Waals surface area contributed by atoms with Crippen LogP contribution in [0.1, 0.15) is 20.8 Å². The molecule has 3 rings (SSSR count). The second-order valence-corrected chi connectivity index (χ2v) is 8.06. The molecule has 0 aliphatic heterocycles. The van der Waals surface area contributed by atoms with Gasteiger partial charge in [0.25, 0.3) is 11.8 Å². The van der Waals surface area contributed by atoms with Crippen LogP contribution in [0.4, 0.5) is 0 Å². The van der Waals surface area contributed by atoms with E-state index in [9.17, 15) is 9.59 Å². The van der Waals surface area contributed by atoms with Crippen LogP contribution in [0.3, 0.4) is 0 Å². The zero-order valence-corrected chi connectivity index (χ0v) is 18.1. The summed E-state index contributed by atoms with van der Waals surface area (Å²) in [5.74, 6) is -1.03. The maximum Gasteiger partial charge on any atom is 0.287 e. The Labute approximate surface area is 185 Å². The van der Waals surface area contributed by atoms with Crippen molar-refractivity contribution in [3.8, 4) is 0 Å². The maximum atomic E-state index is 12.6. The first-order valence-corrected chi connectivity index (χ1v) is 10.5. The number of nitrogens with one attached hydrogen (secondary N) is 2. The van der Waals surface area contributed by atoms with Gasteiger partial charge in [0.1, 0.15) is 5.70 Å². The van der Waals surface area contributed by atoms with Crippen molar-refractivity contribution in [2.24, 2.45) is 5.10 Å². The highest BCUT2D eigenvalue weighted by atomic mass is 79.9. The van der Waals surface area contributed by atoms with Gasteiger partial charge in [-0.3, -0.25) is 9.59 Å². The van der Waals surface area contributed by atoms with E-state index in [0.717, 1.165) is 14.9 Å². The zero-order chi connectivity index (χ0) is 20.6. The first kappa shape index (κ1) is 21.0. The van der Waals surface area contributed by atoms with E-state index in [0.29, 0.717) is 5.02 Å². The van der Waals surface area contributed by atoms with Crippen LogP contribution >= 0.6 is 38.9 Å². The molecular weight excluding hydrogens is 474 g/mol. The van der Waals surface area contributed by atoms with E-state index in [2.05, 4.69) is 31.8 Å². The third-order valence-corrected chi connectivity index (χ3v) is 5.37. The fourth-order valence-electron chi connectivity index (χ4n) is 2.28. The van der Waals surface area contributed by atoms with Gasteiger partial charge in [0.15, 0.2) is 0 Å². The number of nitrogens with zero attached hydrogens (tertiary/aromatic N) is 1. The van der Waals surface area contributed by atoms with E-state index < -0.39 is 11.8 Å². The SMILES string of the molecule is O=C(N/N=C\c1ccc(Br)cc1)/C(=C\c1cccs1)NC(=O)c1ccccc1Cl. The van der Waals surface area contributed by atoms with Crippen LogP contribution in [0.2, 0.25) is 5.02 Å². The molecular formula is C21H15BrClN3O2S. The van der Waals surface area contributed by atoms with Crippen molar-refractivity contribution < 1.29 is 9.59 Å². The molecule has 0 atom stereocenters. The molecule has 8 heteroatoms. The minimum atomic E-state index is -0.549. The summed E-state index contributed by atoms with van der Waals surface area (Å²) in [4.78, 5) is 26.0. The van der Waals surface area contributed by atoms with Gasteiger partial charge >= 0.3 is 0 Å². The Balaban J connectivity index is 1.76. The van der Waals surface area contributed by atoms with E-state index in [-0.39, 0.29) is 11.3 Å². The largest absolute Gasteiger partial charge is 0.317 e. The first-order chi connectivity index (χ1) is 14.0. The lowest BCUT2D eigenvalue weighted by molar-refractivity contribution is -0.117. The molecule has 0 fully saturated rings. The Hall–Kier alpha value is -2.74. The lowest BCUT2D eigenvalue weighted by Crippen LogP contribution is -2.32. The standard InChI is InChI=1S/C21H15BrClN3O2S/c22-15-9-7-14(8-10-15)13-24-26-21(28)19(12-16-4-3-11-29-16)25-20(27)17-5-1-2-6-18(17)23/h1-13H,(H,25,27)(H,26,28)/b19-12+,24-13-. The number of hydrogen-bond donors (Lipinski definition) is 2. The number of thiophene rings is 1. The molecule has 0 aliphatic carbocycles. The van der Waals surface area contributed by atoms with Crippen LogP contribution in [-0.2, 0) is 4.79 Å². The average Bonchev–Trinajstić information content (AvgIpc) is 3.22. The van der Waals surface area contributed by atoms with Gasteiger partial charge < -0.3 is 5.32 Å². The van der Waals surface area contributed by atoms with Gasteiger partial charge in [-0.1, -0.05) is 57.9 Å². The average molecular weight is 489 g/mol. The number of benzene rings is 2. The highest BCUT2D eigenvalue weighted by molar-refractivity contribution is 9.10. The zero-order valence-electron chi connectivity index (χ0n) is 14.9. The monoisotopic (exact) mass is 487 g/mol. The summed E-state index contributed by atoms with van der Waals surface area (Å²) in [5.41, 5.74) is 3.59. The van der Waals surface area contributed by atoms with Crippen LogP contribution in [-0.4, -0.2) is 18.0 Å². The summed E-state index contributed by atoms with van der Waals surface area (Å²) < 4.78 is 0.946. The minimum absolute atomic E-state index is 0.0605. The summed E-state index contributed by atoms with van der Waals surface area (Å²) >= 11 is 10.9. The Morgan fingerprint density at radius 1 is 1.03 bits per heavy atom. The van der Waals surface area contributed by atoms with E-state index in [1.165, 1.54) is 17.6 Å². The number of amides is 2. The fourth-order valence-corrected chi connectivity index (χ4v) is 3.43. The smallest absolute Gasteiger partial charge is 0.287 e. The van der Waals surface area contributed by atoms with Gasteiger partial charge in [-0.15, -0.1) is 11.3 Å². The Kier molecular flexibility index (Phi) is 7.35. The Morgan fingerprint density at radius 3 is 2.48 bits per heavy atom. The van der Waals surface area contributed by atoms with Crippen LogP contribution < -0.4 is 10.7 Å². The number of carbonyl (C=O) groups excluding carboxylic acids is 2. The maximum absolute atomic E-state index is 12.6. The molecule has 0 bridgehead atoms. The molecule has 0 spiro atoms. The van der Waals surface area contributed by atoms with Crippen molar-refractivity contribution in [2.45, 2.75) is 0 Å². The molecule has 2 aromatic carbocycles.